The summed E-state index contributed by atoms with van der Waals surface area (Å²) in [4.78, 5) is 14.3. The van der Waals surface area contributed by atoms with Crippen molar-refractivity contribution in [3.8, 4) is 0 Å². The van der Waals surface area contributed by atoms with Crippen LogP contribution in [0.4, 0.5) is 10.1 Å². The molecule has 120 valence electrons. The van der Waals surface area contributed by atoms with Crippen molar-refractivity contribution in [1.29, 1.82) is 0 Å². The Morgan fingerprint density at radius 1 is 1.22 bits per heavy atom. The van der Waals surface area contributed by atoms with Crippen molar-refractivity contribution < 1.29 is 9.18 Å². The lowest BCUT2D eigenvalue weighted by molar-refractivity contribution is -0.130. The molecule has 0 radical (unpaired) electrons. The number of carbonyl (C=O) groups is 1. The highest BCUT2D eigenvalue weighted by Gasteiger charge is 2.26. The van der Waals surface area contributed by atoms with E-state index in [1.165, 1.54) is 23.3 Å². The molecule has 1 atom stereocenters. The summed E-state index contributed by atoms with van der Waals surface area (Å²) >= 11 is 0. The van der Waals surface area contributed by atoms with Gasteiger partial charge in [-0.2, -0.15) is 0 Å². The first-order valence-corrected chi connectivity index (χ1v) is 7.98. The number of fused-ring (bicyclic) bond motifs is 1. The molecule has 0 saturated carbocycles. The van der Waals surface area contributed by atoms with Gasteiger partial charge >= 0.3 is 0 Å². The number of carbonyl (C=O) groups excluding carboxylic acids is 1. The molecule has 23 heavy (non-hydrogen) atoms. The van der Waals surface area contributed by atoms with Gasteiger partial charge in [-0.3, -0.25) is 4.79 Å². The van der Waals surface area contributed by atoms with Crippen LogP contribution in [0.25, 0.3) is 0 Å². The number of halogens is 1. The van der Waals surface area contributed by atoms with E-state index >= 15 is 0 Å². The van der Waals surface area contributed by atoms with Crippen LogP contribution in [0.2, 0.25) is 0 Å². The number of anilines is 1. The maximum atomic E-state index is 12.9. The van der Waals surface area contributed by atoms with Gasteiger partial charge in [-0.15, -0.1) is 0 Å². The molecule has 3 rings (SSSR count). The summed E-state index contributed by atoms with van der Waals surface area (Å²) < 4.78 is 12.9. The zero-order valence-electron chi connectivity index (χ0n) is 13.3. The molecule has 0 aliphatic heterocycles. The smallest absolute Gasteiger partial charge is 0.242 e. The number of aryl methyl sites for hydroxylation is 1. The molecule has 1 unspecified atom stereocenters. The third kappa shape index (κ3) is 3.52. The lowest BCUT2D eigenvalue weighted by atomic mass is 9.87. The summed E-state index contributed by atoms with van der Waals surface area (Å²) in [5.74, 6) is -0.242. The van der Waals surface area contributed by atoms with E-state index in [9.17, 15) is 9.18 Å². The molecule has 0 fully saturated rings. The Balaban J connectivity index is 1.65. The Morgan fingerprint density at radius 3 is 2.74 bits per heavy atom. The van der Waals surface area contributed by atoms with Gasteiger partial charge in [0.2, 0.25) is 5.91 Å². The maximum Gasteiger partial charge on any atom is 0.242 e. The van der Waals surface area contributed by atoms with Crippen LogP contribution in [0, 0.1) is 5.82 Å². The van der Waals surface area contributed by atoms with Crippen LogP contribution in [0.15, 0.2) is 48.5 Å². The molecule has 0 saturated heterocycles. The number of hydrogen-bond acceptors (Lipinski definition) is 2. The van der Waals surface area contributed by atoms with E-state index in [1.54, 1.807) is 12.1 Å². The first-order valence-electron chi connectivity index (χ1n) is 7.98. The van der Waals surface area contributed by atoms with Crippen LogP contribution in [0.3, 0.4) is 0 Å². The highest BCUT2D eigenvalue weighted by Crippen LogP contribution is 2.33. The van der Waals surface area contributed by atoms with E-state index in [0.29, 0.717) is 0 Å². The molecule has 1 aliphatic carbocycles. The summed E-state index contributed by atoms with van der Waals surface area (Å²) in [6, 6.07) is 14.5. The van der Waals surface area contributed by atoms with E-state index < -0.39 is 0 Å². The molecule has 3 nitrogen and oxygen atoms in total. The van der Waals surface area contributed by atoms with Gasteiger partial charge in [0.1, 0.15) is 5.82 Å². The first-order chi connectivity index (χ1) is 11.1. The molecular weight excluding hydrogens is 291 g/mol. The average molecular weight is 312 g/mol. The van der Waals surface area contributed by atoms with Crippen molar-refractivity contribution in [2.75, 3.05) is 18.9 Å². The normalized spacial score (nSPS) is 16.5. The van der Waals surface area contributed by atoms with Crippen molar-refractivity contribution in [1.82, 2.24) is 4.90 Å². The third-order valence-corrected chi connectivity index (χ3v) is 4.49. The Labute approximate surface area is 136 Å². The van der Waals surface area contributed by atoms with Gasteiger partial charge < -0.3 is 10.2 Å². The molecular formula is C19H21FN2O. The van der Waals surface area contributed by atoms with Crippen molar-refractivity contribution in [3.05, 3.63) is 65.5 Å². The Kier molecular flexibility index (Phi) is 4.60. The summed E-state index contributed by atoms with van der Waals surface area (Å²) in [7, 11) is 1.86. The van der Waals surface area contributed by atoms with Gasteiger partial charge in [0, 0.05) is 12.7 Å². The number of rotatable bonds is 4. The average Bonchev–Trinajstić information content (AvgIpc) is 2.60. The fourth-order valence-electron chi connectivity index (χ4n) is 3.17. The summed E-state index contributed by atoms with van der Waals surface area (Å²) in [6.07, 6.45) is 3.18. The topological polar surface area (TPSA) is 32.3 Å². The van der Waals surface area contributed by atoms with Gasteiger partial charge in [-0.1, -0.05) is 24.3 Å². The number of likely N-dealkylation sites (N-methyl/N-ethyl adjacent to an activating group) is 1. The Morgan fingerprint density at radius 2 is 1.96 bits per heavy atom. The summed E-state index contributed by atoms with van der Waals surface area (Å²) in [5.41, 5.74) is 3.35. The van der Waals surface area contributed by atoms with Crippen LogP contribution in [-0.4, -0.2) is 24.4 Å². The second-order valence-corrected chi connectivity index (χ2v) is 5.97. The molecule has 1 aliphatic rings. The molecule has 0 heterocycles. The van der Waals surface area contributed by atoms with E-state index in [2.05, 4.69) is 23.5 Å². The SMILES string of the molecule is CN(C(=O)CNc1ccc(F)cc1)C1CCCc2ccccc21. The second kappa shape index (κ2) is 6.82. The van der Waals surface area contributed by atoms with E-state index in [1.807, 2.05) is 18.0 Å². The molecule has 1 amide bonds. The Bertz CT molecular complexity index is 684. The molecule has 4 heteroatoms. The fourth-order valence-corrected chi connectivity index (χ4v) is 3.17. The molecule has 0 spiro atoms. The number of amides is 1. The van der Waals surface area contributed by atoms with E-state index in [0.717, 1.165) is 24.9 Å². The molecule has 0 bridgehead atoms. The van der Waals surface area contributed by atoms with Crippen molar-refractivity contribution in [3.63, 3.8) is 0 Å². The second-order valence-electron chi connectivity index (χ2n) is 5.97. The monoisotopic (exact) mass is 312 g/mol. The highest BCUT2D eigenvalue weighted by molar-refractivity contribution is 5.81. The largest absolute Gasteiger partial charge is 0.376 e. The van der Waals surface area contributed by atoms with Crippen LogP contribution < -0.4 is 5.32 Å². The zero-order chi connectivity index (χ0) is 16.2. The predicted molar refractivity (Wildman–Crippen MR) is 89.8 cm³/mol. The van der Waals surface area contributed by atoms with Crippen molar-refractivity contribution >= 4 is 11.6 Å². The minimum atomic E-state index is -0.280. The third-order valence-electron chi connectivity index (χ3n) is 4.49. The van der Waals surface area contributed by atoms with E-state index in [4.69, 9.17) is 0 Å². The lowest BCUT2D eigenvalue weighted by Crippen LogP contribution is -2.36. The van der Waals surface area contributed by atoms with Crippen molar-refractivity contribution in [2.45, 2.75) is 25.3 Å². The summed E-state index contributed by atoms with van der Waals surface area (Å²) in [5, 5.41) is 3.06. The van der Waals surface area contributed by atoms with Gasteiger partial charge in [0.25, 0.3) is 0 Å². The minimum Gasteiger partial charge on any atom is -0.376 e. The number of nitrogens with zero attached hydrogens (tertiary/aromatic N) is 1. The minimum absolute atomic E-state index is 0.0380. The quantitative estimate of drug-likeness (QED) is 0.932. The van der Waals surface area contributed by atoms with Crippen LogP contribution in [0.1, 0.15) is 30.0 Å². The van der Waals surface area contributed by atoms with Crippen LogP contribution in [0.5, 0.6) is 0 Å². The first kappa shape index (κ1) is 15.5. The van der Waals surface area contributed by atoms with Gasteiger partial charge in [-0.05, 0) is 54.7 Å². The van der Waals surface area contributed by atoms with E-state index in [-0.39, 0.29) is 24.3 Å². The predicted octanol–water partition coefficient (Wildman–Crippen LogP) is 3.77. The molecule has 2 aromatic rings. The number of benzene rings is 2. The van der Waals surface area contributed by atoms with Gasteiger partial charge in [0.15, 0.2) is 0 Å². The molecule has 1 N–H and O–H groups in total. The number of nitrogens with one attached hydrogen (secondary N) is 1. The van der Waals surface area contributed by atoms with Crippen LogP contribution in [-0.2, 0) is 11.2 Å². The Hall–Kier alpha value is -2.36. The van der Waals surface area contributed by atoms with Gasteiger partial charge in [0.05, 0.1) is 12.6 Å². The zero-order valence-corrected chi connectivity index (χ0v) is 13.3. The molecule has 2 aromatic carbocycles. The van der Waals surface area contributed by atoms with Crippen LogP contribution >= 0.6 is 0 Å². The standard InChI is InChI=1S/C19H21FN2O/c1-22(18-8-4-6-14-5-2-3-7-17(14)18)19(23)13-21-16-11-9-15(20)10-12-16/h2-3,5,7,9-12,18,21H,4,6,8,13H2,1H3. The summed E-state index contributed by atoms with van der Waals surface area (Å²) in [6.45, 7) is 0.209. The number of hydrogen-bond donors (Lipinski definition) is 1. The molecule has 0 aromatic heterocycles. The fraction of sp³-hybridized carbons (Fsp3) is 0.316. The highest BCUT2D eigenvalue weighted by atomic mass is 19.1. The maximum absolute atomic E-state index is 12.9. The lowest BCUT2D eigenvalue weighted by Gasteiger charge is -2.33. The van der Waals surface area contributed by atoms with Crippen molar-refractivity contribution in [2.24, 2.45) is 0 Å². The van der Waals surface area contributed by atoms with Gasteiger partial charge in [-0.25, -0.2) is 4.39 Å².